The first-order valence-corrected chi connectivity index (χ1v) is 7.68. The minimum absolute atomic E-state index is 0.577. The molecule has 0 nitrogen and oxygen atoms in total. The predicted molar refractivity (Wildman–Crippen MR) is 82.3 cm³/mol. The fourth-order valence-corrected chi connectivity index (χ4v) is 4.67. The molecule has 1 heterocycles. The lowest BCUT2D eigenvalue weighted by molar-refractivity contribution is 0.559. The highest BCUT2D eigenvalue weighted by molar-refractivity contribution is 8.03. The van der Waals surface area contributed by atoms with Gasteiger partial charge < -0.3 is 0 Å². The Hall–Kier alpha value is -1.47. The van der Waals surface area contributed by atoms with E-state index in [4.69, 9.17) is 0 Å². The molecule has 2 aliphatic carbocycles. The fraction of sp³-hybridized carbons (Fsp3) is 0.222. The van der Waals surface area contributed by atoms with Crippen molar-refractivity contribution in [3.05, 3.63) is 76.3 Å². The molecule has 1 heteroatoms. The van der Waals surface area contributed by atoms with E-state index in [1.807, 2.05) is 11.8 Å². The van der Waals surface area contributed by atoms with E-state index in [1.54, 1.807) is 0 Å². The zero-order valence-corrected chi connectivity index (χ0v) is 11.8. The molecule has 1 aliphatic heterocycles. The van der Waals surface area contributed by atoms with Crippen LogP contribution in [0.15, 0.2) is 70.0 Å². The van der Waals surface area contributed by atoms with Crippen molar-refractivity contribution in [2.45, 2.75) is 24.2 Å². The monoisotopic (exact) mass is 264 g/mol. The van der Waals surface area contributed by atoms with Crippen LogP contribution in [-0.4, -0.2) is 0 Å². The molecule has 0 bridgehead atoms. The van der Waals surface area contributed by atoms with Crippen molar-refractivity contribution in [1.82, 2.24) is 0 Å². The van der Waals surface area contributed by atoms with Gasteiger partial charge in [0, 0.05) is 10.8 Å². The molecule has 4 rings (SSSR count). The zero-order chi connectivity index (χ0) is 12.8. The molecule has 2 unspecified atom stereocenters. The number of aryl methyl sites for hydroxylation is 1. The zero-order valence-electron chi connectivity index (χ0n) is 11.0. The largest absolute Gasteiger partial charge is 0.0936 e. The molecule has 0 spiro atoms. The van der Waals surface area contributed by atoms with Crippen molar-refractivity contribution in [1.29, 1.82) is 0 Å². The highest BCUT2D eigenvalue weighted by atomic mass is 32.2. The summed E-state index contributed by atoms with van der Waals surface area (Å²) in [6.07, 6.45) is 14.7. The molecule has 0 radical (unpaired) electrons. The maximum Gasteiger partial charge on any atom is 0.0236 e. The summed E-state index contributed by atoms with van der Waals surface area (Å²) in [5.74, 6) is 1.19. The number of rotatable bonds is 0. The standard InChI is InChI=1S/C18H16S/c1-12-7-9-15-17(11-12)19-16-10-8-13-5-3-2-4-6-14(13)18(15)16/h2-5,7-11,14,18H,6H2,1H3. The third kappa shape index (κ3) is 1.76. The Morgan fingerprint density at radius 3 is 3.05 bits per heavy atom. The van der Waals surface area contributed by atoms with Crippen molar-refractivity contribution in [2.24, 2.45) is 5.92 Å². The highest BCUT2D eigenvalue weighted by Gasteiger charge is 2.36. The Kier molecular flexibility index (Phi) is 2.56. The molecule has 2 atom stereocenters. The minimum Gasteiger partial charge on any atom is -0.0936 e. The number of thioether (sulfide) groups is 1. The first kappa shape index (κ1) is 11.4. The van der Waals surface area contributed by atoms with Crippen LogP contribution in [0.4, 0.5) is 0 Å². The summed E-state index contributed by atoms with van der Waals surface area (Å²) in [7, 11) is 0. The molecule has 0 saturated heterocycles. The van der Waals surface area contributed by atoms with Crippen LogP contribution in [-0.2, 0) is 0 Å². The molecular weight excluding hydrogens is 248 g/mol. The van der Waals surface area contributed by atoms with E-state index in [0.717, 1.165) is 6.42 Å². The van der Waals surface area contributed by atoms with Crippen LogP contribution in [0, 0.1) is 12.8 Å². The van der Waals surface area contributed by atoms with Crippen LogP contribution >= 0.6 is 11.8 Å². The molecule has 0 fully saturated rings. The van der Waals surface area contributed by atoms with Gasteiger partial charge in [-0.05, 0) is 46.9 Å². The van der Waals surface area contributed by atoms with E-state index in [0.29, 0.717) is 11.8 Å². The van der Waals surface area contributed by atoms with Gasteiger partial charge in [-0.2, -0.15) is 0 Å². The third-order valence-electron chi connectivity index (χ3n) is 4.23. The normalized spacial score (nSPS) is 27.0. The van der Waals surface area contributed by atoms with Crippen molar-refractivity contribution >= 4 is 11.8 Å². The van der Waals surface area contributed by atoms with Gasteiger partial charge in [-0.25, -0.2) is 0 Å². The van der Waals surface area contributed by atoms with Gasteiger partial charge in [0.25, 0.3) is 0 Å². The summed E-state index contributed by atoms with van der Waals surface area (Å²) in [5, 5.41) is 0. The van der Waals surface area contributed by atoms with Crippen LogP contribution < -0.4 is 0 Å². The molecule has 1 aromatic carbocycles. The van der Waals surface area contributed by atoms with Gasteiger partial charge in [-0.3, -0.25) is 0 Å². The van der Waals surface area contributed by atoms with E-state index in [9.17, 15) is 0 Å². The predicted octanol–water partition coefficient (Wildman–Crippen LogP) is 5.14. The Bertz CT molecular complexity index is 658. The number of hydrogen-bond acceptors (Lipinski definition) is 1. The first-order valence-electron chi connectivity index (χ1n) is 6.86. The fourth-order valence-electron chi connectivity index (χ4n) is 3.30. The Morgan fingerprint density at radius 2 is 2.11 bits per heavy atom. The molecule has 1 aromatic rings. The summed E-state index contributed by atoms with van der Waals surface area (Å²) < 4.78 is 0. The molecule has 0 amide bonds. The topological polar surface area (TPSA) is 0 Å². The maximum atomic E-state index is 2.34. The Labute approximate surface area is 118 Å². The highest BCUT2D eigenvalue weighted by Crippen LogP contribution is 2.56. The number of benzene rings is 1. The van der Waals surface area contributed by atoms with Crippen LogP contribution in [0.1, 0.15) is 23.5 Å². The number of fused-ring (bicyclic) bond motifs is 5. The second-order valence-electron chi connectivity index (χ2n) is 5.49. The van der Waals surface area contributed by atoms with Gasteiger partial charge in [0.2, 0.25) is 0 Å². The Balaban J connectivity index is 1.84. The first-order chi connectivity index (χ1) is 9.33. The molecule has 94 valence electrons. The van der Waals surface area contributed by atoms with Crippen molar-refractivity contribution < 1.29 is 0 Å². The van der Waals surface area contributed by atoms with Crippen LogP contribution in [0.25, 0.3) is 0 Å². The van der Waals surface area contributed by atoms with E-state index >= 15 is 0 Å². The molecular formula is C18H16S. The van der Waals surface area contributed by atoms with Crippen LogP contribution in [0.3, 0.4) is 0 Å². The summed E-state index contributed by atoms with van der Waals surface area (Å²) >= 11 is 1.97. The van der Waals surface area contributed by atoms with Gasteiger partial charge in [0.05, 0.1) is 0 Å². The molecule has 0 saturated carbocycles. The lowest BCUT2D eigenvalue weighted by Gasteiger charge is -2.27. The van der Waals surface area contributed by atoms with Crippen LogP contribution in [0.2, 0.25) is 0 Å². The van der Waals surface area contributed by atoms with Crippen molar-refractivity contribution in [2.75, 3.05) is 0 Å². The van der Waals surface area contributed by atoms with Gasteiger partial charge in [0.1, 0.15) is 0 Å². The van der Waals surface area contributed by atoms with Gasteiger partial charge in [-0.15, -0.1) is 0 Å². The number of hydrogen-bond donors (Lipinski definition) is 0. The van der Waals surface area contributed by atoms with Gasteiger partial charge in [0.15, 0.2) is 0 Å². The average molecular weight is 264 g/mol. The van der Waals surface area contributed by atoms with Gasteiger partial charge >= 0.3 is 0 Å². The van der Waals surface area contributed by atoms with E-state index in [2.05, 4.69) is 61.6 Å². The molecule has 0 N–H and O–H groups in total. The summed E-state index contributed by atoms with van der Waals surface area (Å²) in [6.45, 7) is 2.18. The quantitative estimate of drug-likeness (QED) is 0.625. The van der Waals surface area contributed by atoms with Crippen molar-refractivity contribution in [3.63, 3.8) is 0 Å². The summed E-state index contributed by atoms with van der Waals surface area (Å²) in [4.78, 5) is 2.99. The van der Waals surface area contributed by atoms with E-state index in [1.165, 1.54) is 26.5 Å². The lowest BCUT2D eigenvalue weighted by atomic mass is 9.76. The van der Waals surface area contributed by atoms with Crippen LogP contribution in [0.5, 0.6) is 0 Å². The third-order valence-corrected chi connectivity index (χ3v) is 5.43. The minimum atomic E-state index is 0.577. The molecule has 3 aliphatic rings. The van der Waals surface area contributed by atoms with E-state index < -0.39 is 0 Å². The second-order valence-corrected chi connectivity index (χ2v) is 6.60. The Morgan fingerprint density at radius 1 is 1.16 bits per heavy atom. The summed E-state index contributed by atoms with van der Waals surface area (Å²) in [6, 6.07) is 6.92. The summed E-state index contributed by atoms with van der Waals surface area (Å²) in [5.41, 5.74) is 4.37. The average Bonchev–Trinajstić information content (AvgIpc) is 2.61. The molecule has 0 aromatic heterocycles. The molecule has 19 heavy (non-hydrogen) atoms. The van der Waals surface area contributed by atoms with Gasteiger partial charge in [-0.1, -0.05) is 60.4 Å². The number of allylic oxidation sites excluding steroid dienone is 8. The lowest BCUT2D eigenvalue weighted by Crippen LogP contribution is -2.15. The SMILES string of the molecule is Cc1ccc2c(c1)SC1=CC=C3C=CC=CCC3C12. The maximum absolute atomic E-state index is 2.34. The smallest absolute Gasteiger partial charge is 0.0236 e. The van der Waals surface area contributed by atoms with E-state index in [-0.39, 0.29) is 0 Å². The van der Waals surface area contributed by atoms with Crippen molar-refractivity contribution in [3.8, 4) is 0 Å². The second kappa shape index (κ2) is 4.28.